The molecule has 1 aromatic heterocycles. The van der Waals surface area contributed by atoms with Gasteiger partial charge in [-0.1, -0.05) is 12.1 Å². The van der Waals surface area contributed by atoms with Crippen molar-refractivity contribution in [2.45, 2.75) is 44.8 Å². The molecule has 0 spiro atoms. The molecule has 3 heterocycles. The molecule has 1 aromatic rings. The Labute approximate surface area is 126 Å². The summed E-state index contributed by atoms with van der Waals surface area (Å²) in [6.07, 6.45) is -2.12. The molecule has 1 fully saturated rings. The van der Waals surface area contributed by atoms with Gasteiger partial charge in [-0.25, -0.2) is 4.98 Å². The average Bonchev–Trinajstić information content (AvgIpc) is 3.00. The third-order valence-electron chi connectivity index (χ3n) is 3.72. The maximum Gasteiger partial charge on any atom is 0.226 e. The second-order valence-electron chi connectivity index (χ2n) is 5.18. The minimum Gasteiger partial charge on any atom is -0.394 e. The summed E-state index contributed by atoms with van der Waals surface area (Å²) >= 11 is 0. The lowest BCUT2D eigenvalue weighted by Gasteiger charge is -2.17. The Hall–Kier alpha value is -1.81. The summed E-state index contributed by atoms with van der Waals surface area (Å²) in [6.45, 7) is 3.22. The molecule has 0 aliphatic carbocycles. The third-order valence-corrected chi connectivity index (χ3v) is 3.72. The minimum atomic E-state index is -1.20. The van der Waals surface area contributed by atoms with Crippen LogP contribution in [0.3, 0.4) is 0 Å². The van der Waals surface area contributed by atoms with E-state index < -0.39 is 31.1 Å². The molecule has 0 bridgehead atoms. The first kappa shape index (κ1) is 15.1. The lowest BCUT2D eigenvalue weighted by Crippen LogP contribution is -2.33. The SMILES string of the molecule is CCC1=Nc2c(ncn2[C@@H]2O[C@H](CO)[C@@H](O)[C@H]2O)C(C)=NO1. The number of oxime groups is 1. The van der Waals surface area contributed by atoms with Gasteiger partial charge in [0.2, 0.25) is 5.90 Å². The van der Waals surface area contributed by atoms with E-state index in [2.05, 4.69) is 15.1 Å². The highest BCUT2D eigenvalue weighted by molar-refractivity contribution is 6.02. The molecular weight excluding hydrogens is 292 g/mol. The summed E-state index contributed by atoms with van der Waals surface area (Å²) in [7, 11) is 0. The quantitative estimate of drug-likeness (QED) is 0.704. The first-order valence-electron chi connectivity index (χ1n) is 7.05. The lowest BCUT2D eigenvalue weighted by atomic mass is 10.1. The van der Waals surface area contributed by atoms with Crippen LogP contribution in [0.5, 0.6) is 0 Å². The van der Waals surface area contributed by atoms with E-state index in [9.17, 15) is 15.3 Å². The number of aliphatic imine (C=N–C) groups is 1. The summed E-state index contributed by atoms with van der Waals surface area (Å²) in [6, 6.07) is 0. The predicted molar refractivity (Wildman–Crippen MR) is 75.9 cm³/mol. The molecule has 0 radical (unpaired) electrons. The van der Waals surface area contributed by atoms with E-state index >= 15 is 0 Å². The fourth-order valence-corrected chi connectivity index (χ4v) is 2.46. The van der Waals surface area contributed by atoms with Crippen molar-refractivity contribution in [3.63, 3.8) is 0 Å². The van der Waals surface area contributed by atoms with Crippen LogP contribution in [0, 0.1) is 0 Å². The third kappa shape index (κ3) is 2.31. The fourth-order valence-electron chi connectivity index (χ4n) is 2.46. The molecule has 2 aliphatic rings. The van der Waals surface area contributed by atoms with Gasteiger partial charge in [0.25, 0.3) is 0 Å². The Kier molecular flexibility index (Phi) is 3.96. The van der Waals surface area contributed by atoms with Crippen LogP contribution in [0.1, 0.15) is 32.2 Å². The molecule has 0 unspecified atom stereocenters. The van der Waals surface area contributed by atoms with Crippen LogP contribution >= 0.6 is 0 Å². The number of hydrogen-bond acceptors (Lipinski definition) is 8. The molecule has 120 valence electrons. The molecule has 3 rings (SSSR count). The zero-order valence-corrected chi connectivity index (χ0v) is 12.2. The zero-order valence-electron chi connectivity index (χ0n) is 12.2. The standard InChI is InChI=1S/C13H18N4O5/c1-3-8-15-12-9(6(2)16-22-8)14-5-17(12)13-11(20)10(19)7(4-18)21-13/h5,7,10-11,13,18-20H,3-4H2,1-2H3/t7-,10-,11-,13-/m1/s1. The number of aliphatic hydroxyl groups excluding tert-OH is 3. The lowest BCUT2D eigenvalue weighted by molar-refractivity contribution is -0.0519. The first-order valence-corrected chi connectivity index (χ1v) is 7.05. The van der Waals surface area contributed by atoms with Crippen LogP contribution < -0.4 is 0 Å². The number of imidazole rings is 1. The maximum atomic E-state index is 10.1. The Balaban J connectivity index is 2.03. The van der Waals surface area contributed by atoms with E-state index in [1.807, 2.05) is 6.92 Å². The van der Waals surface area contributed by atoms with Crippen molar-refractivity contribution in [2.75, 3.05) is 6.61 Å². The van der Waals surface area contributed by atoms with Gasteiger partial charge in [-0.2, -0.15) is 4.99 Å². The number of aliphatic hydroxyl groups is 3. The summed E-state index contributed by atoms with van der Waals surface area (Å²) in [5, 5.41) is 33.2. The van der Waals surface area contributed by atoms with Gasteiger partial charge in [-0.05, 0) is 6.92 Å². The van der Waals surface area contributed by atoms with E-state index in [-0.39, 0.29) is 0 Å². The molecular formula is C13H18N4O5. The molecule has 2 aliphatic heterocycles. The summed E-state index contributed by atoms with van der Waals surface area (Å²) in [4.78, 5) is 13.8. The van der Waals surface area contributed by atoms with E-state index in [4.69, 9.17) is 9.57 Å². The van der Waals surface area contributed by atoms with E-state index in [0.717, 1.165) is 0 Å². The summed E-state index contributed by atoms with van der Waals surface area (Å²) in [5.41, 5.74) is 1.06. The highest BCUT2D eigenvalue weighted by atomic mass is 16.6. The number of rotatable bonds is 3. The van der Waals surface area contributed by atoms with E-state index in [1.165, 1.54) is 10.9 Å². The number of aromatic nitrogens is 2. The Bertz CT molecular complexity index is 626. The number of nitrogens with zero attached hydrogens (tertiary/aromatic N) is 4. The molecule has 0 saturated carbocycles. The Morgan fingerprint density at radius 1 is 1.32 bits per heavy atom. The molecule has 0 aromatic carbocycles. The van der Waals surface area contributed by atoms with Crippen molar-refractivity contribution in [1.82, 2.24) is 9.55 Å². The van der Waals surface area contributed by atoms with Crippen LogP contribution in [0.25, 0.3) is 0 Å². The van der Waals surface area contributed by atoms with Crippen LogP contribution in [-0.2, 0) is 9.57 Å². The monoisotopic (exact) mass is 310 g/mol. The predicted octanol–water partition coefficient (Wildman–Crippen LogP) is -0.311. The maximum absolute atomic E-state index is 10.1. The van der Waals surface area contributed by atoms with Gasteiger partial charge in [0.05, 0.1) is 12.9 Å². The molecule has 22 heavy (non-hydrogen) atoms. The van der Waals surface area contributed by atoms with Crippen LogP contribution in [-0.4, -0.2) is 61.4 Å². The molecule has 4 atom stereocenters. The topological polar surface area (TPSA) is 122 Å². The van der Waals surface area contributed by atoms with Gasteiger partial charge >= 0.3 is 0 Å². The molecule has 1 saturated heterocycles. The van der Waals surface area contributed by atoms with Gasteiger partial charge in [0.15, 0.2) is 12.0 Å². The van der Waals surface area contributed by atoms with Gasteiger partial charge in [-0.3, -0.25) is 4.57 Å². The highest BCUT2D eigenvalue weighted by Crippen LogP contribution is 2.34. The molecule has 0 amide bonds. The van der Waals surface area contributed by atoms with Gasteiger partial charge in [0, 0.05) is 6.42 Å². The van der Waals surface area contributed by atoms with Gasteiger partial charge in [-0.15, -0.1) is 0 Å². The van der Waals surface area contributed by atoms with Crippen molar-refractivity contribution < 1.29 is 24.9 Å². The van der Waals surface area contributed by atoms with Crippen molar-refractivity contribution in [3.8, 4) is 0 Å². The Morgan fingerprint density at radius 3 is 2.73 bits per heavy atom. The number of hydrogen-bond donors (Lipinski definition) is 3. The molecule has 9 nitrogen and oxygen atoms in total. The van der Waals surface area contributed by atoms with Gasteiger partial charge in [0.1, 0.15) is 29.7 Å². The van der Waals surface area contributed by atoms with E-state index in [1.54, 1.807) is 6.92 Å². The second-order valence-corrected chi connectivity index (χ2v) is 5.18. The normalized spacial score (nSPS) is 31.1. The van der Waals surface area contributed by atoms with Crippen molar-refractivity contribution in [1.29, 1.82) is 0 Å². The average molecular weight is 310 g/mol. The summed E-state index contributed by atoms with van der Waals surface area (Å²) in [5.74, 6) is 0.844. The molecule has 9 heteroatoms. The van der Waals surface area contributed by atoms with Crippen molar-refractivity contribution >= 4 is 17.4 Å². The van der Waals surface area contributed by atoms with Gasteiger partial charge < -0.3 is 24.9 Å². The smallest absolute Gasteiger partial charge is 0.226 e. The fraction of sp³-hybridized carbons (Fsp3) is 0.615. The second kappa shape index (κ2) is 5.76. The van der Waals surface area contributed by atoms with Crippen molar-refractivity contribution in [3.05, 3.63) is 12.0 Å². The highest BCUT2D eigenvalue weighted by Gasteiger charge is 2.44. The van der Waals surface area contributed by atoms with Crippen LogP contribution in [0.4, 0.5) is 5.82 Å². The zero-order chi connectivity index (χ0) is 15.9. The van der Waals surface area contributed by atoms with E-state index in [0.29, 0.717) is 29.5 Å². The van der Waals surface area contributed by atoms with Crippen LogP contribution in [0.15, 0.2) is 16.5 Å². The molecule has 3 N–H and O–H groups in total. The minimum absolute atomic E-state index is 0.390. The summed E-state index contributed by atoms with van der Waals surface area (Å²) < 4.78 is 7.03. The first-order chi connectivity index (χ1) is 10.6. The van der Waals surface area contributed by atoms with Crippen LogP contribution in [0.2, 0.25) is 0 Å². The van der Waals surface area contributed by atoms with Crippen molar-refractivity contribution in [2.24, 2.45) is 10.1 Å². The largest absolute Gasteiger partial charge is 0.394 e. The number of fused-ring (bicyclic) bond motifs is 1. The number of ether oxygens (including phenoxy) is 1. The Morgan fingerprint density at radius 2 is 2.09 bits per heavy atom.